The van der Waals surface area contributed by atoms with E-state index in [-0.39, 0.29) is 12.5 Å². The van der Waals surface area contributed by atoms with E-state index in [0.29, 0.717) is 32.2 Å². The Morgan fingerprint density at radius 2 is 1.68 bits per heavy atom. The minimum atomic E-state index is -1.30. The summed E-state index contributed by atoms with van der Waals surface area (Å²) < 4.78 is 5.60. The average Bonchev–Trinajstić information content (AvgIpc) is 3.37. The minimum absolute atomic E-state index is 0.0836. The van der Waals surface area contributed by atoms with Crippen LogP contribution in [0.1, 0.15) is 63.5 Å². The standard InChI is InChI=1S/C27H32N2O5/c1-4-14-27(24(31)32)15-9-16-29(27)23(30)26(2,3)28-25(33)34-17-22-20-12-7-5-10-18(20)19-11-6-8-13-21(19)22/h5-8,10-13,22H,4,9,14-17H2,1-3H3,(H,28,33)(H,31,32). The van der Waals surface area contributed by atoms with Crippen LogP contribution in [0.5, 0.6) is 0 Å². The van der Waals surface area contributed by atoms with Crippen LogP contribution < -0.4 is 5.32 Å². The van der Waals surface area contributed by atoms with E-state index >= 15 is 0 Å². The highest BCUT2D eigenvalue weighted by Crippen LogP contribution is 2.44. The molecular weight excluding hydrogens is 432 g/mol. The summed E-state index contributed by atoms with van der Waals surface area (Å²) in [6, 6.07) is 16.2. The van der Waals surface area contributed by atoms with Crippen LogP contribution in [-0.2, 0) is 14.3 Å². The van der Waals surface area contributed by atoms with Gasteiger partial charge in [0.05, 0.1) is 0 Å². The van der Waals surface area contributed by atoms with Crippen LogP contribution >= 0.6 is 0 Å². The first-order chi connectivity index (χ1) is 16.2. The van der Waals surface area contributed by atoms with Gasteiger partial charge in [-0.2, -0.15) is 0 Å². The van der Waals surface area contributed by atoms with Crippen molar-refractivity contribution >= 4 is 18.0 Å². The number of amides is 2. The zero-order valence-electron chi connectivity index (χ0n) is 20.0. The lowest BCUT2D eigenvalue weighted by atomic mass is 9.89. The Hall–Kier alpha value is -3.35. The first-order valence-electron chi connectivity index (χ1n) is 11.9. The molecule has 0 bridgehead atoms. The normalized spacial score (nSPS) is 19.4. The molecule has 7 nitrogen and oxygen atoms in total. The molecule has 2 aromatic carbocycles. The van der Waals surface area contributed by atoms with E-state index in [9.17, 15) is 19.5 Å². The van der Waals surface area contributed by atoms with Gasteiger partial charge in [-0.15, -0.1) is 0 Å². The Kier molecular flexibility index (Phi) is 6.39. The quantitative estimate of drug-likeness (QED) is 0.627. The SMILES string of the molecule is CCCC1(C(=O)O)CCCN1C(=O)C(C)(C)NC(=O)OCC1c2ccccc2-c2ccccc21. The summed E-state index contributed by atoms with van der Waals surface area (Å²) in [6.07, 6.45) is 1.38. The number of hydrogen-bond donors (Lipinski definition) is 2. The molecule has 180 valence electrons. The topological polar surface area (TPSA) is 95.9 Å². The predicted octanol–water partition coefficient (Wildman–Crippen LogP) is 4.55. The van der Waals surface area contributed by atoms with E-state index in [4.69, 9.17) is 4.74 Å². The summed E-state index contributed by atoms with van der Waals surface area (Å²) >= 11 is 0. The molecular formula is C27H32N2O5. The molecule has 1 aliphatic heterocycles. The van der Waals surface area contributed by atoms with Gasteiger partial charge in [-0.3, -0.25) is 4.79 Å². The fourth-order valence-electron chi connectivity index (χ4n) is 5.46. The summed E-state index contributed by atoms with van der Waals surface area (Å²) in [4.78, 5) is 39.7. The van der Waals surface area contributed by atoms with Gasteiger partial charge in [0, 0.05) is 12.5 Å². The fraction of sp³-hybridized carbons (Fsp3) is 0.444. The Labute approximate surface area is 200 Å². The van der Waals surface area contributed by atoms with Crippen LogP contribution in [0, 0.1) is 0 Å². The molecule has 0 radical (unpaired) electrons. The van der Waals surface area contributed by atoms with Gasteiger partial charge < -0.3 is 20.1 Å². The maximum atomic E-state index is 13.4. The molecule has 7 heteroatoms. The molecule has 34 heavy (non-hydrogen) atoms. The second kappa shape index (κ2) is 9.12. The van der Waals surface area contributed by atoms with Crippen molar-refractivity contribution in [1.29, 1.82) is 0 Å². The van der Waals surface area contributed by atoms with E-state index in [1.165, 1.54) is 4.90 Å². The summed E-state index contributed by atoms with van der Waals surface area (Å²) in [5.41, 5.74) is 1.97. The molecule has 4 rings (SSSR count). The monoisotopic (exact) mass is 464 g/mol. The number of rotatable bonds is 7. The number of hydrogen-bond acceptors (Lipinski definition) is 4. The highest BCUT2D eigenvalue weighted by atomic mass is 16.5. The molecule has 1 atom stereocenters. The highest BCUT2D eigenvalue weighted by molar-refractivity contribution is 5.94. The van der Waals surface area contributed by atoms with Gasteiger partial charge in [-0.1, -0.05) is 61.9 Å². The zero-order valence-corrected chi connectivity index (χ0v) is 20.0. The lowest BCUT2D eigenvalue weighted by molar-refractivity contribution is -0.159. The fourth-order valence-corrected chi connectivity index (χ4v) is 5.46. The summed E-state index contributed by atoms with van der Waals surface area (Å²) in [5, 5.41) is 12.6. The van der Waals surface area contributed by atoms with Crippen molar-refractivity contribution in [3.63, 3.8) is 0 Å². The van der Waals surface area contributed by atoms with Crippen LogP contribution in [0.4, 0.5) is 4.79 Å². The average molecular weight is 465 g/mol. The number of nitrogens with zero attached hydrogens (tertiary/aromatic N) is 1. The van der Waals surface area contributed by atoms with E-state index in [1.807, 2.05) is 43.3 Å². The third kappa shape index (κ3) is 4.04. The van der Waals surface area contributed by atoms with Gasteiger partial charge in [-0.05, 0) is 55.4 Å². The number of carboxylic acids is 1. The van der Waals surface area contributed by atoms with E-state index in [2.05, 4.69) is 17.4 Å². The zero-order chi connectivity index (χ0) is 24.5. The summed E-state index contributed by atoms with van der Waals surface area (Å²) in [6.45, 7) is 5.59. The molecule has 1 fully saturated rings. The number of aliphatic carboxylic acids is 1. The number of carbonyl (C=O) groups excluding carboxylic acids is 2. The van der Waals surface area contributed by atoms with Gasteiger partial charge >= 0.3 is 12.1 Å². The van der Waals surface area contributed by atoms with Gasteiger partial charge in [0.25, 0.3) is 0 Å². The van der Waals surface area contributed by atoms with Crippen LogP contribution in [-0.4, -0.2) is 52.2 Å². The lowest BCUT2D eigenvalue weighted by Gasteiger charge is -2.39. The lowest BCUT2D eigenvalue weighted by Crippen LogP contribution is -2.62. The Bertz CT molecular complexity index is 1070. The minimum Gasteiger partial charge on any atom is -0.479 e. The maximum Gasteiger partial charge on any atom is 0.408 e. The van der Waals surface area contributed by atoms with Crippen LogP contribution in [0.2, 0.25) is 0 Å². The Morgan fingerprint density at radius 1 is 1.09 bits per heavy atom. The molecule has 0 aromatic heterocycles. The molecule has 1 unspecified atom stereocenters. The number of alkyl carbamates (subject to hydrolysis) is 1. The largest absolute Gasteiger partial charge is 0.479 e. The van der Waals surface area contributed by atoms with E-state index < -0.39 is 29.0 Å². The van der Waals surface area contributed by atoms with Gasteiger partial charge in [0.15, 0.2) is 0 Å². The molecule has 1 heterocycles. The molecule has 1 aliphatic carbocycles. The van der Waals surface area contributed by atoms with Crippen molar-refractivity contribution in [2.24, 2.45) is 0 Å². The van der Waals surface area contributed by atoms with Gasteiger partial charge in [0.2, 0.25) is 5.91 Å². The van der Waals surface area contributed by atoms with Crippen molar-refractivity contribution in [3.05, 3.63) is 59.7 Å². The van der Waals surface area contributed by atoms with Gasteiger partial charge in [-0.25, -0.2) is 9.59 Å². The Morgan fingerprint density at radius 3 is 2.24 bits per heavy atom. The van der Waals surface area contributed by atoms with Crippen molar-refractivity contribution in [2.75, 3.05) is 13.2 Å². The number of nitrogens with one attached hydrogen (secondary N) is 1. The third-order valence-corrected chi connectivity index (χ3v) is 7.09. The molecule has 0 spiro atoms. The molecule has 2 aromatic rings. The molecule has 2 N–H and O–H groups in total. The molecule has 2 amide bonds. The van der Waals surface area contributed by atoms with E-state index in [0.717, 1.165) is 22.3 Å². The number of likely N-dealkylation sites (tertiary alicyclic amines) is 1. The number of carboxylic acid groups (broad SMARTS) is 1. The maximum absolute atomic E-state index is 13.4. The molecule has 1 saturated heterocycles. The van der Waals surface area contributed by atoms with E-state index in [1.54, 1.807) is 13.8 Å². The van der Waals surface area contributed by atoms with Crippen molar-refractivity contribution in [2.45, 2.75) is 63.5 Å². The first kappa shape index (κ1) is 23.8. The third-order valence-electron chi connectivity index (χ3n) is 7.09. The van der Waals surface area contributed by atoms with Crippen molar-refractivity contribution < 1.29 is 24.2 Å². The summed E-state index contributed by atoms with van der Waals surface area (Å²) in [5.74, 6) is -1.48. The molecule has 2 aliphatic rings. The smallest absolute Gasteiger partial charge is 0.408 e. The van der Waals surface area contributed by atoms with Crippen LogP contribution in [0.3, 0.4) is 0 Å². The van der Waals surface area contributed by atoms with Crippen LogP contribution in [0.15, 0.2) is 48.5 Å². The Balaban J connectivity index is 1.45. The van der Waals surface area contributed by atoms with Crippen molar-refractivity contribution in [1.82, 2.24) is 10.2 Å². The molecule has 0 saturated carbocycles. The highest BCUT2D eigenvalue weighted by Gasteiger charge is 2.52. The predicted molar refractivity (Wildman–Crippen MR) is 129 cm³/mol. The number of benzene rings is 2. The second-order valence-electron chi connectivity index (χ2n) is 9.72. The number of carbonyl (C=O) groups is 3. The van der Waals surface area contributed by atoms with Crippen LogP contribution in [0.25, 0.3) is 11.1 Å². The van der Waals surface area contributed by atoms with Gasteiger partial charge in [0.1, 0.15) is 17.7 Å². The first-order valence-corrected chi connectivity index (χ1v) is 11.9. The number of ether oxygens (including phenoxy) is 1. The second-order valence-corrected chi connectivity index (χ2v) is 9.72. The number of fused-ring (bicyclic) bond motifs is 3. The van der Waals surface area contributed by atoms with Crippen molar-refractivity contribution in [3.8, 4) is 11.1 Å². The summed E-state index contributed by atoms with van der Waals surface area (Å²) in [7, 11) is 0.